The van der Waals surface area contributed by atoms with Crippen LogP contribution < -0.4 is 4.90 Å². The second-order valence-electron chi connectivity index (χ2n) is 6.67. The van der Waals surface area contributed by atoms with Crippen LogP contribution in [0.15, 0.2) is 24.3 Å². The lowest BCUT2D eigenvalue weighted by Gasteiger charge is -2.39. The van der Waals surface area contributed by atoms with Crippen molar-refractivity contribution >= 4 is 23.5 Å². The number of imide groups is 1. The Morgan fingerprint density at radius 3 is 2.21 bits per heavy atom. The minimum Gasteiger partial charge on any atom is -0.481 e. The van der Waals surface area contributed by atoms with E-state index in [-0.39, 0.29) is 24.9 Å². The Balaban J connectivity index is 2.03. The van der Waals surface area contributed by atoms with Crippen molar-refractivity contribution in [1.29, 1.82) is 0 Å². The first-order valence-electron chi connectivity index (χ1n) is 8.33. The second kappa shape index (κ2) is 6.26. The molecular formula is C18H22N2O4. The number of hydrogen-bond donors (Lipinski definition) is 1. The number of benzene rings is 1. The largest absolute Gasteiger partial charge is 0.481 e. The van der Waals surface area contributed by atoms with E-state index in [1.54, 1.807) is 4.90 Å². The molecule has 2 fully saturated rings. The van der Waals surface area contributed by atoms with E-state index in [4.69, 9.17) is 0 Å². The van der Waals surface area contributed by atoms with Gasteiger partial charge in [0.15, 0.2) is 0 Å². The fourth-order valence-electron chi connectivity index (χ4n) is 3.81. The number of carbonyl (C=O) groups is 3. The highest BCUT2D eigenvalue weighted by atomic mass is 16.4. The zero-order valence-corrected chi connectivity index (χ0v) is 13.8. The van der Waals surface area contributed by atoms with Crippen molar-refractivity contribution in [2.45, 2.75) is 37.5 Å². The van der Waals surface area contributed by atoms with Crippen LogP contribution in [0.1, 0.15) is 37.7 Å². The number of carboxylic acids is 1. The van der Waals surface area contributed by atoms with Crippen LogP contribution in [0.25, 0.3) is 0 Å². The molecule has 1 aliphatic heterocycles. The molecule has 1 aromatic carbocycles. The molecule has 0 radical (unpaired) electrons. The van der Waals surface area contributed by atoms with Gasteiger partial charge in [-0.3, -0.25) is 19.3 Å². The summed E-state index contributed by atoms with van der Waals surface area (Å²) in [5.74, 6) is -1.36. The molecule has 2 amide bonds. The number of piperazine rings is 1. The molecule has 0 atom stereocenters. The van der Waals surface area contributed by atoms with Crippen LogP contribution in [0.5, 0.6) is 0 Å². The lowest BCUT2D eigenvalue weighted by Crippen LogP contribution is -2.53. The Morgan fingerprint density at radius 2 is 1.62 bits per heavy atom. The highest BCUT2D eigenvalue weighted by molar-refractivity contribution is 6.02. The number of para-hydroxylation sites is 1. The summed E-state index contributed by atoms with van der Waals surface area (Å²) >= 11 is 0. The number of nitrogens with zero attached hydrogens (tertiary/aromatic N) is 2. The monoisotopic (exact) mass is 330 g/mol. The van der Waals surface area contributed by atoms with E-state index < -0.39 is 11.4 Å². The van der Waals surface area contributed by atoms with Crippen molar-refractivity contribution in [2.24, 2.45) is 0 Å². The van der Waals surface area contributed by atoms with Crippen LogP contribution in [0.4, 0.5) is 5.69 Å². The van der Waals surface area contributed by atoms with Crippen LogP contribution >= 0.6 is 0 Å². The maximum Gasteiger partial charge on any atom is 0.314 e. The Morgan fingerprint density at radius 1 is 1.04 bits per heavy atom. The molecule has 0 aromatic heterocycles. The van der Waals surface area contributed by atoms with Crippen molar-refractivity contribution in [1.82, 2.24) is 4.90 Å². The van der Waals surface area contributed by atoms with Gasteiger partial charge in [-0.15, -0.1) is 0 Å². The van der Waals surface area contributed by atoms with Gasteiger partial charge in [-0.05, 0) is 24.5 Å². The van der Waals surface area contributed by atoms with E-state index in [9.17, 15) is 19.5 Å². The van der Waals surface area contributed by atoms with Gasteiger partial charge in [0.2, 0.25) is 11.8 Å². The molecule has 6 nitrogen and oxygen atoms in total. The van der Waals surface area contributed by atoms with Crippen molar-refractivity contribution in [3.8, 4) is 0 Å². The number of likely N-dealkylation sites (N-methyl/N-ethyl adjacent to an activating group) is 1. The van der Waals surface area contributed by atoms with Crippen LogP contribution in [0, 0.1) is 0 Å². The highest BCUT2D eigenvalue weighted by Gasteiger charge is 2.44. The molecule has 2 aliphatic rings. The molecule has 24 heavy (non-hydrogen) atoms. The van der Waals surface area contributed by atoms with E-state index in [1.165, 1.54) is 7.05 Å². The van der Waals surface area contributed by atoms with Gasteiger partial charge in [0, 0.05) is 12.7 Å². The van der Waals surface area contributed by atoms with Crippen LogP contribution in [-0.4, -0.2) is 47.9 Å². The zero-order chi connectivity index (χ0) is 17.3. The summed E-state index contributed by atoms with van der Waals surface area (Å²) in [5.41, 5.74) is 0.489. The molecule has 1 N–H and O–H groups in total. The Labute approximate surface area is 141 Å². The lowest BCUT2D eigenvalue weighted by atomic mass is 9.69. The topological polar surface area (TPSA) is 77.9 Å². The van der Waals surface area contributed by atoms with E-state index in [1.807, 2.05) is 24.3 Å². The molecule has 1 saturated carbocycles. The van der Waals surface area contributed by atoms with Gasteiger partial charge < -0.3 is 10.0 Å². The number of carboxylic acid groups (broad SMARTS) is 1. The maximum atomic E-state index is 12.1. The summed E-state index contributed by atoms with van der Waals surface area (Å²) in [6, 6.07) is 7.31. The van der Waals surface area contributed by atoms with Gasteiger partial charge in [0.1, 0.15) is 0 Å². The van der Waals surface area contributed by atoms with Gasteiger partial charge in [-0.1, -0.05) is 37.5 Å². The summed E-state index contributed by atoms with van der Waals surface area (Å²) in [6.07, 6.45) is 3.98. The van der Waals surface area contributed by atoms with E-state index in [0.717, 1.165) is 29.7 Å². The molecule has 3 rings (SSSR count). The van der Waals surface area contributed by atoms with Gasteiger partial charge in [-0.2, -0.15) is 0 Å². The van der Waals surface area contributed by atoms with Gasteiger partial charge in [-0.25, -0.2) is 0 Å². The minimum absolute atomic E-state index is 0.0922. The van der Waals surface area contributed by atoms with E-state index in [0.29, 0.717) is 18.5 Å². The maximum absolute atomic E-state index is 12.1. The third-order valence-corrected chi connectivity index (χ3v) is 5.28. The van der Waals surface area contributed by atoms with Crippen molar-refractivity contribution in [2.75, 3.05) is 25.0 Å². The van der Waals surface area contributed by atoms with Crippen LogP contribution in [-0.2, 0) is 19.8 Å². The molecule has 1 saturated heterocycles. The molecule has 6 heteroatoms. The fourth-order valence-corrected chi connectivity index (χ4v) is 3.81. The quantitative estimate of drug-likeness (QED) is 0.855. The predicted octanol–water partition coefficient (Wildman–Crippen LogP) is 1.78. The number of hydrogen-bond acceptors (Lipinski definition) is 4. The first-order valence-corrected chi connectivity index (χ1v) is 8.33. The lowest BCUT2D eigenvalue weighted by molar-refractivity contribution is -0.145. The predicted molar refractivity (Wildman–Crippen MR) is 88.8 cm³/mol. The average Bonchev–Trinajstić information content (AvgIpc) is 2.59. The standard InChI is InChI=1S/C18H22N2O4/c1-19-15(21)11-20(12-16(19)22)14-8-4-3-7-13(14)18(17(23)24)9-5-2-6-10-18/h3-4,7-8H,2,5-6,9-12H2,1H3,(H,23,24). The Hall–Kier alpha value is -2.37. The molecule has 0 spiro atoms. The number of anilines is 1. The number of carbonyl (C=O) groups excluding carboxylic acids is 2. The van der Waals surface area contributed by atoms with E-state index >= 15 is 0 Å². The minimum atomic E-state index is -0.926. The number of amides is 2. The van der Waals surface area contributed by atoms with Crippen molar-refractivity contribution in [3.05, 3.63) is 29.8 Å². The van der Waals surface area contributed by atoms with Crippen LogP contribution in [0.2, 0.25) is 0 Å². The fraction of sp³-hybridized carbons (Fsp3) is 0.500. The third kappa shape index (κ3) is 2.66. The van der Waals surface area contributed by atoms with Gasteiger partial charge in [0.05, 0.1) is 18.5 Å². The van der Waals surface area contributed by atoms with Crippen molar-refractivity contribution < 1.29 is 19.5 Å². The first-order chi connectivity index (χ1) is 11.5. The van der Waals surface area contributed by atoms with E-state index in [2.05, 4.69) is 0 Å². The Bertz CT molecular complexity index is 661. The normalized spacial score (nSPS) is 21.0. The molecular weight excluding hydrogens is 308 g/mol. The molecule has 1 heterocycles. The zero-order valence-electron chi connectivity index (χ0n) is 13.8. The summed E-state index contributed by atoms with van der Waals surface area (Å²) in [6.45, 7) is 0.184. The number of rotatable bonds is 3. The highest BCUT2D eigenvalue weighted by Crippen LogP contribution is 2.43. The summed E-state index contributed by atoms with van der Waals surface area (Å²) in [4.78, 5) is 39.0. The Kier molecular flexibility index (Phi) is 4.30. The van der Waals surface area contributed by atoms with Crippen LogP contribution in [0.3, 0.4) is 0 Å². The molecule has 1 aromatic rings. The second-order valence-corrected chi connectivity index (χ2v) is 6.67. The summed E-state index contributed by atoms with van der Waals surface area (Å²) < 4.78 is 0. The smallest absolute Gasteiger partial charge is 0.314 e. The van der Waals surface area contributed by atoms with Gasteiger partial charge in [0.25, 0.3) is 0 Å². The SMILES string of the molecule is CN1C(=O)CN(c2ccccc2C2(C(=O)O)CCCCC2)CC1=O. The van der Waals surface area contributed by atoms with Gasteiger partial charge >= 0.3 is 5.97 Å². The molecule has 128 valence electrons. The summed E-state index contributed by atoms with van der Waals surface area (Å²) in [5, 5.41) is 9.95. The third-order valence-electron chi connectivity index (χ3n) is 5.28. The molecule has 0 unspecified atom stereocenters. The van der Waals surface area contributed by atoms with Crippen molar-refractivity contribution in [3.63, 3.8) is 0 Å². The summed E-state index contributed by atoms with van der Waals surface area (Å²) in [7, 11) is 1.48. The molecule has 1 aliphatic carbocycles. The first kappa shape index (κ1) is 16.5. The number of aliphatic carboxylic acids is 1. The molecule has 0 bridgehead atoms. The average molecular weight is 330 g/mol.